The normalized spacial score (nSPS) is 12.6. The molecular weight excluding hydrogens is 450 g/mol. The van der Waals surface area contributed by atoms with Crippen LogP contribution in [0.3, 0.4) is 0 Å². The van der Waals surface area contributed by atoms with Crippen LogP contribution >= 0.6 is 0 Å². The summed E-state index contributed by atoms with van der Waals surface area (Å²) in [5.74, 6) is 2.39. The van der Waals surface area contributed by atoms with Gasteiger partial charge in [-0.25, -0.2) is 0 Å². The lowest BCUT2D eigenvalue weighted by molar-refractivity contribution is 0.171. The van der Waals surface area contributed by atoms with Gasteiger partial charge in [0, 0.05) is 6.07 Å². The summed E-state index contributed by atoms with van der Waals surface area (Å²) in [7, 11) is 0. The van der Waals surface area contributed by atoms with E-state index >= 15 is 0 Å². The van der Waals surface area contributed by atoms with E-state index < -0.39 is 0 Å². The third-order valence-electron chi connectivity index (χ3n) is 6.01. The van der Waals surface area contributed by atoms with Gasteiger partial charge in [-0.3, -0.25) is 10.0 Å². The van der Waals surface area contributed by atoms with Crippen molar-refractivity contribution in [2.45, 2.75) is 26.9 Å². The van der Waals surface area contributed by atoms with Crippen molar-refractivity contribution in [1.29, 1.82) is 0 Å². The molecule has 8 nitrogen and oxygen atoms in total. The number of rotatable bonds is 6. The van der Waals surface area contributed by atoms with E-state index in [0.29, 0.717) is 64.7 Å². The first kappa shape index (κ1) is 22.8. The van der Waals surface area contributed by atoms with E-state index in [2.05, 4.69) is 0 Å². The number of fused-ring (bicyclic) bond motifs is 2. The van der Waals surface area contributed by atoms with Crippen LogP contribution in [0.1, 0.15) is 23.8 Å². The van der Waals surface area contributed by atoms with Crippen LogP contribution in [0, 0.1) is 12.1 Å². The van der Waals surface area contributed by atoms with E-state index in [0.717, 1.165) is 11.1 Å². The molecule has 35 heavy (non-hydrogen) atoms. The third-order valence-corrected chi connectivity index (χ3v) is 6.01. The van der Waals surface area contributed by atoms with E-state index in [1.54, 1.807) is 25.1 Å². The molecule has 0 saturated carbocycles. The van der Waals surface area contributed by atoms with Crippen molar-refractivity contribution in [3.63, 3.8) is 0 Å². The first-order chi connectivity index (χ1) is 16.9. The molecule has 8 heteroatoms. The van der Waals surface area contributed by atoms with Gasteiger partial charge in [0.1, 0.15) is 36.9 Å². The molecule has 0 bridgehead atoms. The van der Waals surface area contributed by atoms with Crippen LogP contribution in [0.4, 0.5) is 5.69 Å². The minimum absolute atomic E-state index is 0.122. The van der Waals surface area contributed by atoms with Crippen molar-refractivity contribution in [1.82, 2.24) is 0 Å². The third kappa shape index (κ3) is 4.41. The highest BCUT2D eigenvalue weighted by Gasteiger charge is 2.19. The molecule has 4 aromatic rings. The average molecular weight is 474 g/mol. The zero-order valence-electron chi connectivity index (χ0n) is 19.4. The van der Waals surface area contributed by atoms with Crippen LogP contribution in [0.5, 0.6) is 17.2 Å². The number of aryl methyl sites for hydroxylation is 2. The number of benzene rings is 3. The van der Waals surface area contributed by atoms with E-state index in [1.165, 1.54) is 12.1 Å². The lowest BCUT2D eigenvalue weighted by atomic mass is 10.00. The quantitative estimate of drug-likeness (QED) is 0.372. The first-order valence-electron chi connectivity index (χ1n) is 11.3. The molecule has 0 spiro atoms. The fourth-order valence-corrected chi connectivity index (χ4v) is 4.20. The van der Waals surface area contributed by atoms with Crippen LogP contribution in [-0.4, -0.2) is 18.4 Å². The topological polar surface area (TPSA) is 104 Å². The number of nitrogens with zero attached hydrogens (tertiary/aromatic N) is 1. The Bertz CT molecular complexity index is 1440. The second-order valence-corrected chi connectivity index (χ2v) is 8.26. The largest absolute Gasteiger partial charge is 0.733 e. The molecule has 0 radical (unpaired) electrons. The van der Waals surface area contributed by atoms with Crippen molar-refractivity contribution in [2.24, 2.45) is 0 Å². The predicted molar refractivity (Wildman–Crippen MR) is 131 cm³/mol. The monoisotopic (exact) mass is 474 g/mol. The summed E-state index contributed by atoms with van der Waals surface area (Å²) in [6, 6.07) is 15.4. The van der Waals surface area contributed by atoms with E-state index in [4.69, 9.17) is 23.8 Å². The van der Waals surface area contributed by atoms with Crippen molar-refractivity contribution in [3.8, 4) is 28.4 Å². The van der Waals surface area contributed by atoms with Crippen molar-refractivity contribution in [2.75, 3.05) is 18.4 Å². The molecule has 0 fully saturated rings. The molecule has 0 atom stereocenters. The highest BCUT2D eigenvalue weighted by molar-refractivity contribution is 5.85. The SMILES string of the molecule is CCc1cc2c(=O)c(-c3ccc4c(c3)OCCO4)c(C)oc2cc1OCc1ccc(N([O-])O)cc1. The number of hydrogen-bond donors (Lipinski definition) is 1. The second kappa shape index (κ2) is 9.32. The standard InChI is InChI=1S/C27H24NO7/c1-3-18-12-21-24(14-23(18)34-15-17-4-7-20(8-5-17)28(30)31)35-16(2)26(27(21)29)19-6-9-22-25(13-19)33-11-10-32-22/h4-9,12-14,30H,3,10-11,15H2,1-2H3/q-1. The minimum Gasteiger partial charge on any atom is -0.733 e. The predicted octanol–water partition coefficient (Wildman–Crippen LogP) is 5.37. The van der Waals surface area contributed by atoms with Crippen LogP contribution in [0.15, 0.2) is 63.8 Å². The molecule has 1 N–H and O–H groups in total. The Hall–Kier alpha value is -4.01. The number of ether oxygens (including phenoxy) is 3. The molecule has 3 aromatic carbocycles. The van der Waals surface area contributed by atoms with Gasteiger partial charge >= 0.3 is 0 Å². The van der Waals surface area contributed by atoms with Crippen LogP contribution in [-0.2, 0) is 13.0 Å². The van der Waals surface area contributed by atoms with Crippen molar-refractivity contribution < 1.29 is 23.8 Å². The van der Waals surface area contributed by atoms with Gasteiger partial charge in [-0.15, -0.1) is 0 Å². The summed E-state index contributed by atoms with van der Waals surface area (Å²) in [6.07, 6.45) is 0.659. The zero-order valence-corrected chi connectivity index (χ0v) is 19.4. The van der Waals surface area contributed by atoms with E-state index in [9.17, 15) is 10.0 Å². The van der Waals surface area contributed by atoms with Crippen LogP contribution < -0.4 is 24.9 Å². The summed E-state index contributed by atoms with van der Waals surface area (Å²) in [4.78, 5) is 13.5. The minimum atomic E-state index is -0.188. The maximum atomic E-state index is 13.5. The highest BCUT2D eigenvalue weighted by Crippen LogP contribution is 2.36. The summed E-state index contributed by atoms with van der Waals surface area (Å²) in [5, 5.41) is 20.2. The fraction of sp³-hybridized carbons (Fsp3) is 0.222. The summed E-state index contributed by atoms with van der Waals surface area (Å²) in [5.41, 5.74) is 3.36. The number of anilines is 1. The summed E-state index contributed by atoms with van der Waals surface area (Å²) < 4.78 is 23.4. The summed E-state index contributed by atoms with van der Waals surface area (Å²) in [6.45, 7) is 4.97. The molecule has 0 unspecified atom stereocenters. The van der Waals surface area contributed by atoms with Gasteiger partial charge in [0.15, 0.2) is 11.5 Å². The van der Waals surface area contributed by atoms with Gasteiger partial charge in [0.25, 0.3) is 0 Å². The van der Waals surface area contributed by atoms with Gasteiger partial charge in [0.2, 0.25) is 5.43 Å². The molecule has 5 rings (SSSR count). The molecule has 180 valence electrons. The molecular formula is C27H24NO7-. The highest BCUT2D eigenvalue weighted by atomic mass is 16.8. The van der Waals surface area contributed by atoms with Crippen LogP contribution in [0.25, 0.3) is 22.1 Å². The van der Waals surface area contributed by atoms with Gasteiger partial charge in [0.05, 0.1) is 16.6 Å². The average Bonchev–Trinajstić information content (AvgIpc) is 2.87. The molecule has 1 aliphatic heterocycles. The lowest BCUT2D eigenvalue weighted by Crippen LogP contribution is -2.15. The lowest BCUT2D eigenvalue weighted by Gasteiger charge is -2.21. The Balaban J connectivity index is 1.49. The Morgan fingerprint density at radius 1 is 1.03 bits per heavy atom. The molecule has 0 aliphatic carbocycles. The van der Waals surface area contributed by atoms with Gasteiger partial charge in [-0.2, -0.15) is 0 Å². The van der Waals surface area contributed by atoms with E-state index in [1.807, 2.05) is 31.2 Å². The fourth-order valence-electron chi connectivity index (χ4n) is 4.20. The van der Waals surface area contributed by atoms with Gasteiger partial charge in [-0.1, -0.05) is 25.1 Å². The molecule has 0 saturated heterocycles. The van der Waals surface area contributed by atoms with Crippen LogP contribution in [0.2, 0.25) is 0 Å². The Labute approximate surface area is 201 Å². The van der Waals surface area contributed by atoms with Gasteiger partial charge < -0.3 is 29.1 Å². The smallest absolute Gasteiger partial charge is 0.200 e. The first-order valence-corrected chi connectivity index (χ1v) is 11.3. The second-order valence-electron chi connectivity index (χ2n) is 8.26. The van der Waals surface area contributed by atoms with Gasteiger partial charge in [-0.05, 0) is 60.4 Å². The molecule has 1 aliphatic rings. The summed E-state index contributed by atoms with van der Waals surface area (Å²) >= 11 is 0. The molecule has 1 aromatic heterocycles. The van der Waals surface area contributed by atoms with Crippen molar-refractivity contribution >= 4 is 16.7 Å². The maximum Gasteiger partial charge on any atom is 0.200 e. The van der Waals surface area contributed by atoms with E-state index in [-0.39, 0.29) is 22.9 Å². The number of hydrogen-bond acceptors (Lipinski definition) is 8. The Morgan fingerprint density at radius 2 is 1.77 bits per heavy atom. The maximum absolute atomic E-state index is 13.5. The Morgan fingerprint density at radius 3 is 2.49 bits per heavy atom. The molecule has 2 heterocycles. The van der Waals surface area contributed by atoms with Crippen molar-refractivity contribution in [3.05, 3.63) is 86.9 Å². The molecule has 0 amide bonds. The zero-order chi connectivity index (χ0) is 24.5. The Kier molecular flexibility index (Phi) is 6.07.